The minimum absolute atomic E-state index is 0.174. The van der Waals surface area contributed by atoms with Crippen LogP contribution >= 0.6 is 15.9 Å². The zero-order valence-electron chi connectivity index (χ0n) is 8.50. The summed E-state index contributed by atoms with van der Waals surface area (Å²) in [5.74, 6) is -1.72. The molecule has 0 aliphatic carbocycles. The Labute approximate surface area is 100 Å². The predicted octanol–water partition coefficient (Wildman–Crippen LogP) is 1.84. The number of carbonyl (C=O) groups is 1. The van der Waals surface area contributed by atoms with E-state index < -0.39 is 17.4 Å². The Bertz CT molecular complexity index is 409. The van der Waals surface area contributed by atoms with Gasteiger partial charge in [-0.2, -0.15) is 0 Å². The van der Waals surface area contributed by atoms with Crippen LogP contribution in [0.2, 0.25) is 0 Å². The van der Waals surface area contributed by atoms with E-state index in [1.54, 1.807) is 0 Å². The van der Waals surface area contributed by atoms with Gasteiger partial charge in [-0.3, -0.25) is 0 Å². The van der Waals surface area contributed by atoms with E-state index in [0.717, 1.165) is 0 Å². The molecule has 0 heterocycles. The third-order valence-corrected chi connectivity index (χ3v) is 2.67. The smallest absolute Gasteiger partial charge is 0.337 e. The number of halogens is 2. The molecule has 1 atom stereocenters. The standard InChI is InChI=1S/C10H11BrFNO3/c1-10(16,9(14)15)5-13-8-3-2-6(12)4-7(8)11/h2-4,13,16H,5H2,1H3,(H,14,15). The normalized spacial score (nSPS) is 14.2. The Hall–Kier alpha value is -1.14. The van der Waals surface area contributed by atoms with Gasteiger partial charge in [0.1, 0.15) is 5.82 Å². The van der Waals surface area contributed by atoms with Crippen LogP contribution in [0, 0.1) is 5.82 Å². The van der Waals surface area contributed by atoms with Gasteiger partial charge in [0.15, 0.2) is 5.60 Å². The van der Waals surface area contributed by atoms with E-state index in [4.69, 9.17) is 5.11 Å². The fourth-order valence-corrected chi connectivity index (χ4v) is 1.47. The molecule has 0 aromatic heterocycles. The first kappa shape index (κ1) is 12.9. The highest BCUT2D eigenvalue weighted by molar-refractivity contribution is 9.10. The van der Waals surface area contributed by atoms with Gasteiger partial charge >= 0.3 is 5.97 Å². The lowest BCUT2D eigenvalue weighted by Crippen LogP contribution is -2.41. The fourth-order valence-electron chi connectivity index (χ4n) is 0.976. The van der Waals surface area contributed by atoms with Gasteiger partial charge in [0, 0.05) is 10.2 Å². The first-order valence-electron chi connectivity index (χ1n) is 4.47. The maximum Gasteiger partial charge on any atom is 0.337 e. The molecule has 0 aliphatic heterocycles. The number of benzene rings is 1. The van der Waals surface area contributed by atoms with Gasteiger partial charge in [0.05, 0.1) is 6.54 Å². The summed E-state index contributed by atoms with van der Waals surface area (Å²) in [7, 11) is 0. The van der Waals surface area contributed by atoms with E-state index in [2.05, 4.69) is 21.2 Å². The van der Waals surface area contributed by atoms with Crippen molar-refractivity contribution in [3.63, 3.8) is 0 Å². The van der Waals surface area contributed by atoms with Crippen LogP contribution in [0.15, 0.2) is 22.7 Å². The molecule has 3 N–H and O–H groups in total. The van der Waals surface area contributed by atoms with Gasteiger partial charge in [-0.15, -0.1) is 0 Å². The predicted molar refractivity (Wildman–Crippen MR) is 60.8 cm³/mol. The fraction of sp³-hybridized carbons (Fsp3) is 0.300. The highest BCUT2D eigenvalue weighted by atomic mass is 79.9. The van der Waals surface area contributed by atoms with Crippen molar-refractivity contribution in [1.29, 1.82) is 0 Å². The summed E-state index contributed by atoms with van der Waals surface area (Å²) in [6, 6.07) is 3.94. The van der Waals surface area contributed by atoms with Crippen molar-refractivity contribution < 1.29 is 19.4 Å². The summed E-state index contributed by atoms with van der Waals surface area (Å²) in [5, 5.41) is 20.8. The summed E-state index contributed by atoms with van der Waals surface area (Å²) in [6.07, 6.45) is 0. The van der Waals surface area contributed by atoms with Crippen LogP contribution in [0.5, 0.6) is 0 Å². The molecule has 16 heavy (non-hydrogen) atoms. The zero-order chi connectivity index (χ0) is 12.3. The Kier molecular flexibility index (Phi) is 3.88. The number of carboxylic acids is 1. The van der Waals surface area contributed by atoms with E-state index in [0.29, 0.717) is 10.2 Å². The molecule has 0 radical (unpaired) electrons. The molecule has 6 heteroatoms. The Morgan fingerprint density at radius 1 is 1.62 bits per heavy atom. The second-order valence-electron chi connectivity index (χ2n) is 3.56. The minimum Gasteiger partial charge on any atom is -0.479 e. The highest BCUT2D eigenvalue weighted by Crippen LogP contribution is 2.23. The van der Waals surface area contributed by atoms with Crippen LogP contribution in [-0.2, 0) is 4.79 Å². The van der Waals surface area contributed by atoms with E-state index in [-0.39, 0.29) is 6.54 Å². The van der Waals surface area contributed by atoms with Crippen molar-refractivity contribution >= 4 is 27.6 Å². The molecule has 1 rings (SSSR count). The van der Waals surface area contributed by atoms with Crippen molar-refractivity contribution in [3.8, 4) is 0 Å². The van der Waals surface area contributed by atoms with Crippen LogP contribution < -0.4 is 5.32 Å². The average molecular weight is 292 g/mol. The number of nitrogens with one attached hydrogen (secondary N) is 1. The largest absolute Gasteiger partial charge is 0.479 e. The molecule has 0 saturated carbocycles. The van der Waals surface area contributed by atoms with Gasteiger partial charge < -0.3 is 15.5 Å². The van der Waals surface area contributed by atoms with Gasteiger partial charge in [0.2, 0.25) is 0 Å². The number of aliphatic hydroxyl groups is 1. The monoisotopic (exact) mass is 291 g/mol. The number of rotatable bonds is 4. The van der Waals surface area contributed by atoms with Crippen molar-refractivity contribution in [2.75, 3.05) is 11.9 Å². The van der Waals surface area contributed by atoms with Crippen LogP contribution in [0.4, 0.5) is 10.1 Å². The summed E-state index contributed by atoms with van der Waals surface area (Å²) < 4.78 is 13.2. The second kappa shape index (κ2) is 4.80. The molecular weight excluding hydrogens is 281 g/mol. The molecule has 1 aromatic rings. The molecule has 0 fully saturated rings. The third kappa shape index (κ3) is 3.18. The Balaban J connectivity index is 2.72. The number of aliphatic carboxylic acids is 1. The van der Waals surface area contributed by atoms with Gasteiger partial charge in [-0.05, 0) is 41.1 Å². The number of carboxylic acid groups (broad SMARTS) is 1. The molecular formula is C10H11BrFNO3. The van der Waals surface area contributed by atoms with E-state index >= 15 is 0 Å². The first-order valence-corrected chi connectivity index (χ1v) is 5.27. The number of hydrogen-bond donors (Lipinski definition) is 3. The Morgan fingerprint density at radius 3 is 2.75 bits per heavy atom. The molecule has 0 saturated heterocycles. The van der Waals surface area contributed by atoms with Gasteiger partial charge in [0.25, 0.3) is 0 Å². The van der Waals surface area contributed by atoms with Crippen molar-refractivity contribution in [3.05, 3.63) is 28.5 Å². The second-order valence-corrected chi connectivity index (χ2v) is 4.41. The number of anilines is 1. The van der Waals surface area contributed by atoms with Crippen molar-refractivity contribution in [1.82, 2.24) is 0 Å². The summed E-state index contributed by atoms with van der Waals surface area (Å²) in [5.41, 5.74) is -1.35. The van der Waals surface area contributed by atoms with Gasteiger partial charge in [-0.1, -0.05) is 0 Å². The maximum absolute atomic E-state index is 12.7. The molecule has 1 unspecified atom stereocenters. The lowest BCUT2D eigenvalue weighted by atomic mass is 10.1. The quantitative estimate of drug-likeness (QED) is 0.792. The molecule has 0 amide bonds. The topological polar surface area (TPSA) is 69.6 Å². The van der Waals surface area contributed by atoms with Crippen LogP contribution in [0.1, 0.15) is 6.92 Å². The van der Waals surface area contributed by atoms with Crippen LogP contribution in [0.25, 0.3) is 0 Å². The lowest BCUT2D eigenvalue weighted by Gasteiger charge is -2.19. The zero-order valence-corrected chi connectivity index (χ0v) is 10.1. The average Bonchev–Trinajstić information content (AvgIpc) is 2.16. The highest BCUT2D eigenvalue weighted by Gasteiger charge is 2.29. The number of hydrogen-bond acceptors (Lipinski definition) is 3. The lowest BCUT2D eigenvalue weighted by molar-refractivity contribution is -0.155. The molecule has 1 aromatic carbocycles. The summed E-state index contributed by atoms with van der Waals surface area (Å²) >= 11 is 3.12. The first-order chi connectivity index (χ1) is 7.33. The van der Waals surface area contributed by atoms with E-state index in [1.165, 1.54) is 25.1 Å². The minimum atomic E-state index is -1.87. The Morgan fingerprint density at radius 2 is 2.25 bits per heavy atom. The van der Waals surface area contributed by atoms with Crippen LogP contribution in [-0.4, -0.2) is 28.3 Å². The maximum atomic E-state index is 12.7. The van der Waals surface area contributed by atoms with Crippen LogP contribution in [0.3, 0.4) is 0 Å². The molecule has 0 spiro atoms. The summed E-state index contributed by atoms with van der Waals surface area (Å²) in [4.78, 5) is 10.6. The van der Waals surface area contributed by atoms with Gasteiger partial charge in [-0.25, -0.2) is 9.18 Å². The third-order valence-electron chi connectivity index (χ3n) is 2.01. The van der Waals surface area contributed by atoms with Crippen molar-refractivity contribution in [2.45, 2.75) is 12.5 Å². The molecule has 4 nitrogen and oxygen atoms in total. The van der Waals surface area contributed by atoms with E-state index in [1.807, 2.05) is 0 Å². The SMILES string of the molecule is CC(O)(CNc1ccc(F)cc1Br)C(=O)O. The molecule has 88 valence electrons. The van der Waals surface area contributed by atoms with Crippen molar-refractivity contribution in [2.24, 2.45) is 0 Å². The molecule has 0 bridgehead atoms. The molecule has 0 aliphatic rings. The summed E-state index contributed by atoms with van der Waals surface area (Å²) in [6.45, 7) is 1.01. The van der Waals surface area contributed by atoms with E-state index in [9.17, 15) is 14.3 Å².